The van der Waals surface area contributed by atoms with Crippen LogP contribution in [0.1, 0.15) is 16.3 Å². The second kappa shape index (κ2) is 7.82. The van der Waals surface area contributed by atoms with E-state index in [0.717, 1.165) is 21.8 Å². The van der Waals surface area contributed by atoms with E-state index in [-0.39, 0.29) is 5.56 Å². The van der Waals surface area contributed by atoms with Crippen molar-refractivity contribution in [3.63, 3.8) is 0 Å². The van der Waals surface area contributed by atoms with Crippen molar-refractivity contribution in [2.75, 3.05) is 7.11 Å². The van der Waals surface area contributed by atoms with E-state index in [1.807, 2.05) is 60.7 Å². The summed E-state index contributed by atoms with van der Waals surface area (Å²) in [6.07, 6.45) is 0. The zero-order valence-electron chi connectivity index (χ0n) is 17.2. The number of aryl methyl sites for hydroxylation is 2. The van der Waals surface area contributed by atoms with Gasteiger partial charge >= 0.3 is 0 Å². The van der Waals surface area contributed by atoms with E-state index in [4.69, 9.17) is 4.74 Å². The van der Waals surface area contributed by atoms with Crippen LogP contribution in [-0.4, -0.2) is 31.3 Å². The van der Waals surface area contributed by atoms with Crippen molar-refractivity contribution in [1.82, 2.24) is 24.1 Å². The fraction of sp³-hybridized carbons (Fsp3) is 0.182. The molecule has 3 heterocycles. The third-order valence-corrected chi connectivity index (χ3v) is 6.77. The van der Waals surface area contributed by atoms with Crippen LogP contribution < -0.4 is 10.3 Å². The lowest BCUT2D eigenvalue weighted by atomic mass is 10.2. The first-order chi connectivity index (χ1) is 15.1. The van der Waals surface area contributed by atoms with Gasteiger partial charge in [0.15, 0.2) is 5.16 Å². The van der Waals surface area contributed by atoms with Gasteiger partial charge in [-0.05, 0) is 43.7 Å². The molecule has 0 radical (unpaired) electrons. The Labute approximate surface area is 186 Å². The summed E-state index contributed by atoms with van der Waals surface area (Å²) in [5, 5.41) is 13.2. The Morgan fingerprint density at radius 3 is 2.74 bits per heavy atom. The molecule has 0 saturated carbocycles. The maximum Gasteiger partial charge on any atom is 0.267 e. The Kier molecular flexibility index (Phi) is 4.99. The third-order valence-electron chi connectivity index (χ3n) is 4.99. The van der Waals surface area contributed by atoms with Crippen molar-refractivity contribution < 1.29 is 4.74 Å². The summed E-state index contributed by atoms with van der Waals surface area (Å²) in [7, 11) is 1.60. The Hall–Kier alpha value is -3.17. The average Bonchev–Trinajstić information content (AvgIpc) is 3.39. The summed E-state index contributed by atoms with van der Waals surface area (Å²) in [5.74, 6) is 1.72. The molecule has 5 aromatic rings. The van der Waals surface area contributed by atoms with Gasteiger partial charge in [0, 0.05) is 11.1 Å². The van der Waals surface area contributed by atoms with Gasteiger partial charge in [-0.1, -0.05) is 30.0 Å². The minimum absolute atomic E-state index is 0.161. The number of hydrogen-bond donors (Lipinski definition) is 0. The Morgan fingerprint density at radius 1 is 1.13 bits per heavy atom. The van der Waals surface area contributed by atoms with Crippen LogP contribution in [0.3, 0.4) is 0 Å². The number of nitrogens with zero attached hydrogens (tertiary/aromatic N) is 5. The highest BCUT2D eigenvalue weighted by molar-refractivity contribution is 7.98. The predicted molar refractivity (Wildman–Crippen MR) is 124 cm³/mol. The van der Waals surface area contributed by atoms with Crippen LogP contribution in [-0.2, 0) is 5.75 Å². The first-order valence-electron chi connectivity index (χ1n) is 9.64. The monoisotopic (exact) mass is 449 g/mol. The molecule has 0 N–H and O–H groups in total. The summed E-state index contributed by atoms with van der Waals surface area (Å²) in [6, 6.07) is 13.3. The van der Waals surface area contributed by atoms with Crippen LogP contribution in [0.2, 0.25) is 0 Å². The summed E-state index contributed by atoms with van der Waals surface area (Å²) >= 11 is 3.18. The average molecular weight is 450 g/mol. The van der Waals surface area contributed by atoms with Crippen molar-refractivity contribution in [3.8, 4) is 11.4 Å². The molecule has 0 unspecified atom stereocenters. The molecule has 0 atom stereocenters. The molecule has 2 aromatic carbocycles. The third kappa shape index (κ3) is 3.39. The van der Waals surface area contributed by atoms with Gasteiger partial charge in [0.1, 0.15) is 5.75 Å². The minimum Gasteiger partial charge on any atom is -0.495 e. The van der Waals surface area contributed by atoms with Crippen molar-refractivity contribution in [1.29, 1.82) is 0 Å². The molecule has 0 spiro atoms. The number of thiazole rings is 1. The molecule has 0 fully saturated rings. The number of ether oxygens (including phenoxy) is 1. The Morgan fingerprint density at radius 2 is 1.97 bits per heavy atom. The van der Waals surface area contributed by atoms with Gasteiger partial charge in [0.2, 0.25) is 5.78 Å². The molecule has 5 rings (SSSR count). The second-order valence-corrected chi connectivity index (χ2v) is 9.10. The van der Waals surface area contributed by atoms with E-state index in [0.29, 0.717) is 33.5 Å². The van der Waals surface area contributed by atoms with E-state index in [1.54, 1.807) is 34.8 Å². The predicted octanol–water partition coefficient (Wildman–Crippen LogP) is 4.41. The molecule has 0 bridgehead atoms. The molecule has 9 heteroatoms. The first kappa shape index (κ1) is 19.8. The molecule has 0 aliphatic rings. The van der Waals surface area contributed by atoms with Crippen LogP contribution in [0.5, 0.6) is 5.75 Å². The van der Waals surface area contributed by atoms with Crippen LogP contribution >= 0.6 is 23.1 Å². The van der Waals surface area contributed by atoms with Gasteiger partial charge in [-0.15, -0.1) is 21.5 Å². The maximum atomic E-state index is 13.5. The SMILES string of the molecule is COc1ccc(C)cc1-n1c(=O)c2ccccc2n2c(SCc3csc(C)n3)nnc12. The fourth-order valence-corrected chi connectivity index (χ4v) is 5.13. The Balaban J connectivity index is 1.77. The molecule has 3 aromatic heterocycles. The van der Waals surface area contributed by atoms with Gasteiger partial charge < -0.3 is 4.74 Å². The molecule has 0 amide bonds. The number of methoxy groups -OCH3 is 1. The number of aromatic nitrogens is 5. The quantitative estimate of drug-likeness (QED) is 0.370. The van der Waals surface area contributed by atoms with Crippen molar-refractivity contribution in [2.24, 2.45) is 0 Å². The normalized spacial score (nSPS) is 11.5. The largest absolute Gasteiger partial charge is 0.495 e. The summed E-state index contributed by atoms with van der Waals surface area (Å²) in [5.41, 5.74) is 3.27. The molecular weight excluding hydrogens is 430 g/mol. The molecule has 31 heavy (non-hydrogen) atoms. The van der Waals surface area contributed by atoms with Crippen molar-refractivity contribution >= 4 is 39.8 Å². The Bertz CT molecular complexity index is 1480. The summed E-state index contributed by atoms with van der Waals surface area (Å²) < 4.78 is 9.07. The number of para-hydroxylation sites is 1. The zero-order chi connectivity index (χ0) is 21.5. The smallest absolute Gasteiger partial charge is 0.267 e. The molecule has 0 aliphatic carbocycles. The topological polar surface area (TPSA) is 74.3 Å². The number of rotatable bonds is 5. The van der Waals surface area contributed by atoms with Gasteiger partial charge in [-0.2, -0.15) is 0 Å². The van der Waals surface area contributed by atoms with Crippen LogP contribution in [0.4, 0.5) is 0 Å². The van der Waals surface area contributed by atoms with Gasteiger partial charge in [-0.25, -0.2) is 9.55 Å². The van der Waals surface area contributed by atoms with Gasteiger partial charge in [0.25, 0.3) is 5.56 Å². The highest BCUT2D eigenvalue weighted by Gasteiger charge is 2.20. The maximum absolute atomic E-state index is 13.5. The minimum atomic E-state index is -0.161. The number of fused-ring (bicyclic) bond motifs is 3. The van der Waals surface area contributed by atoms with Crippen LogP contribution in [0.25, 0.3) is 22.4 Å². The van der Waals surface area contributed by atoms with E-state index >= 15 is 0 Å². The zero-order valence-corrected chi connectivity index (χ0v) is 18.8. The van der Waals surface area contributed by atoms with E-state index in [1.165, 1.54) is 0 Å². The highest BCUT2D eigenvalue weighted by atomic mass is 32.2. The van der Waals surface area contributed by atoms with Gasteiger partial charge in [-0.3, -0.25) is 9.20 Å². The standard InChI is InChI=1S/C22H19N5O2S2/c1-13-8-9-19(29-3)18(10-13)26-20(28)16-6-4-5-7-17(16)27-21(26)24-25-22(27)31-12-15-11-30-14(2)23-15/h4-11H,12H2,1-3H3. The van der Waals surface area contributed by atoms with E-state index in [9.17, 15) is 4.79 Å². The molecule has 0 saturated heterocycles. The lowest BCUT2D eigenvalue weighted by molar-refractivity contribution is 0.412. The summed E-state index contributed by atoms with van der Waals surface area (Å²) in [6.45, 7) is 3.97. The van der Waals surface area contributed by atoms with Gasteiger partial charge in [0.05, 0.1) is 34.4 Å². The lowest BCUT2D eigenvalue weighted by Gasteiger charge is -2.14. The molecule has 156 valence electrons. The van der Waals surface area contributed by atoms with E-state index in [2.05, 4.69) is 20.6 Å². The fourth-order valence-electron chi connectivity index (χ4n) is 3.58. The number of benzene rings is 2. The van der Waals surface area contributed by atoms with Crippen LogP contribution in [0.15, 0.2) is 57.8 Å². The lowest BCUT2D eigenvalue weighted by Crippen LogP contribution is -2.22. The van der Waals surface area contributed by atoms with Crippen LogP contribution in [0, 0.1) is 13.8 Å². The number of thioether (sulfide) groups is 1. The highest BCUT2D eigenvalue weighted by Crippen LogP contribution is 2.29. The van der Waals surface area contributed by atoms with E-state index < -0.39 is 0 Å². The molecule has 7 nitrogen and oxygen atoms in total. The first-order valence-corrected chi connectivity index (χ1v) is 11.5. The molecule has 0 aliphatic heterocycles. The van der Waals surface area contributed by atoms with Crippen molar-refractivity contribution in [2.45, 2.75) is 24.8 Å². The number of hydrogen-bond acceptors (Lipinski definition) is 7. The van der Waals surface area contributed by atoms with Crippen molar-refractivity contribution in [3.05, 3.63) is 74.5 Å². The molecular formula is C22H19N5O2S2. The summed E-state index contributed by atoms with van der Waals surface area (Å²) in [4.78, 5) is 18.1. The second-order valence-electron chi connectivity index (χ2n) is 7.10.